The van der Waals surface area contributed by atoms with E-state index in [-0.39, 0.29) is 22.6 Å². The van der Waals surface area contributed by atoms with Gasteiger partial charge >= 0.3 is 0 Å². The van der Waals surface area contributed by atoms with Gasteiger partial charge in [0, 0.05) is 49.0 Å². The Labute approximate surface area is 160 Å². The minimum atomic E-state index is -0.0293. The van der Waals surface area contributed by atoms with Gasteiger partial charge in [0.1, 0.15) is 10.7 Å². The van der Waals surface area contributed by atoms with Crippen LogP contribution >= 0.6 is 23.5 Å². The van der Waals surface area contributed by atoms with Gasteiger partial charge in [-0.15, -0.1) is 23.5 Å². The number of rotatable bonds is 5. The molecule has 2 atom stereocenters. The first kappa shape index (κ1) is 17.4. The molecule has 134 valence electrons. The normalized spacial score (nSPS) is 23.1. The molecule has 6 nitrogen and oxygen atoms in total. The second-order valence-electron chi connectivity index (χ2n) is 6.07. The monoisotopic (exact) mass is 386 g/mol. The largest absolute Gasteiger partial charge is 0.324 e. The van der Waals surface area contributed by atoms with E-state index in [0.717, 1.165) is 11.1 Å². The highest BCUT2D eigenvalue weighted by Crippen LogP contribution is 2.40. The lowest BCUT2D eigenvalue weighted by molar-refractivity contribution is -0.132. The number of nitrogens with zero attached hydrogens (tertiary/aromatic N) is 4. The molecule has 0 aromatic carbocycles. The van der Waals surface area contributed by atoms with Crippen molar-refractivity contribution in [3.05, 3.63) is 60.2 Å². The van der Waals surface area contributed by atoms with Crippen molar-refractivity contribution in [3.8, 4) is 0 Å². The molecule has 0 saturated carbocycles. The quantitative estimate of drug-likeness (QED) is 0.786. The zero-order valence-electron chi connectivity index (χ0n) is 14.0. The summed E-state index contributed by atoms with van der Waals surface area (Å²) in [5, 5.41) is -0.0585. The summed E-state index contributed by atoms with van der Waals surface area (Å²) < 4.78 is 0. The molecular weight excluding hydrogens is 368 g/mol. The van der Waals surface area contributed by atoms with Gasteiger partial charge in [0.05, 0.1) is 11.5 Å². The highest BCUT2D eigenvalue weighted by molar-refractivity contribution is 8.00. The van der Waals surface area contributed by atoms with Gasteiger partial charge < -0.3 is 9.80 Å². The van der Waals surface area contributed by atoms with Crippen LogP contribution in [0, 0.1) is 0 Å². The van der Waals surface area contributed by atoms with Gasteiger partial charge in [-0.05, 0) is 12.1 Å². The molecule has 0 aliphatic carbocycles. The van der Waals surface area contributed by atoms with Crippen LogP contribution < -0.4 is 0 Å². The van der Waals surface area contributed by atoms with Crippen LogP contribution in [0.3, 0.4) is 0 Å². The first-order valence-electron chi connectivity index (χ1n) is 8.36. The first-order chi connectivity index (χ1) is 12.7. The molecule has 2 saturated heterocycles. The number of carbonyl (C=O) groups excluding carboxylic acids is 2. The molecule has 2 amide bonds. The highest BCUT2D eigenvalue weighted by Gasteiger charge is 2.36. The molecule has 2 aliphatic heterocycles. The van der Waals surface area contributed by atoms with Crippen LogP contribution in [-0.4, -0.2) is 56.2 Å². The third-order valence-electron chi connectivity index (χ3n) is 4.46. The smallest absolute Gasteiger partial charge is 0.233 e. The van der Waals surface area contributed by atoms with Crippen LogP contribution in [0.2, 0.25) is 0 Å². The third-order valence-corrected chi connectivity index (χ3v) is 6.97. The standard InChI is InChI=1S/C18H18N4O2S2/c23-15-11-25-17(13-3-1-5-19-9-13)21(15)7-8-22-16(24)12-26-18(22)14-4-2-6-20-10-14/h1-6,9-10,17-18H,7-8,11-12H2/t17-,18+. The average molecular weight is 387 g/mol. The zero-order valence-corrected chi connectivity index (χ0v) is 15.7. The molecule has 0 radical (unpaired) electrons. The first-order valence-corrected chi connectivity index (χ1v) is 10.5. The Kier molecular flexibility index (Phi) is 5.12. The van der Waals surface area contributed by atoms with Crippen molar-refractivity contribution in [2.45, 2.75) is 10.7 Å². The Morgan fingerprint density at radius 3 is 1.69 bits per heavy atom. The van der Waals surface area contributed by atoms with E-state index in [1.54, 1.807) is 48.3 Å². The predicted octanol–water partition coefficient (Wildman–Crippen LogP) is 2.32. The van der Waals surface area contributed by atoms with Crippen LogP contribution in [0.25, 0.3) is 0 Å². The number of hydrogen-bond donors (Lipinski definition) is 0. The SMILES string of the molecule is O=C1CS[C@H](c2cccnc2)N1CCN1C(=O)CS[C@H]1c1cccnc1. The van der Waals surface area contributed by atoms with Gasteiger partial charge in [-0.2, -0.15) is 0 Å². The molecule has 2 aromatic rings. The Balaban J connectivity index is 1.48. The number of amides is 2. The fourth-order valence-corrected chi connectivity index (χ4v) is 5.61. The maximum atomic E-state index is 12.4. The van der Waals surface area contributed by atoms with E-state index in [0.29, 0.717) is 24.6 Å². The third kappa shape index (κ3) is 3.43. The molecule has 2 fully saturated rings. The molecule has 0 N–H and O–H groups in total. The Hall–Kier alpha value is -2.06. The second kappa shape index (κ2) is 7.67. The molecule has 4 rings (SSSR count). The van der Waals surface area contributed by atoms with Gasteiger partial charge in [-0.3, -0.25) is 19.6 Å². The number of hydrogen-bond acceptors (Lipinski definition) is 6. The number of pyridine rings is 2. The lowest BCUT2D eigenvalue weighted by Gasteiger charge is -2.29. The maximum absolute atomic E-state index is 12.4. The van der Waals surface area contributed by atoms with Crippen molar-refractivity contribution in [3.63, 3.8) is 0 Å². The average Bonchev–Trinajstić information content (AvgIpc) is 3.24. The van der Waals surface area contributed by atoms with Gasteiger partial charge in [0.15, 0.2) is 0 Å². The number of carbonyl (C=O) groups is 2. The molecule has 4 heterocycles. The predicted molar refractivity (Wildman–Crippen MR) is 102 cm³/mol. The van der Waals surface area contributed by atoms with E-state index in [1.807, 2.05) is 34.1 Å². The van der Waals surface area contributed by atoms with Gasteiger partial charge in [0.25, 0.3) is 0 Å². The summed E-state index contributed by atoms with van der Waals surface area (Å²) in [6.45, 7) is 1.04. The van der Waals surface area contributed by atoms with Gasteiger partial charge in [0.2, 0.25) is 11.8 Å². The van der Waals surface area contributed by atoms with E-state index in [1.165, 1.54) is 0 Å². The molecule has 8 heteroatoms. The summed E-state index contributed by atoms with van der Waals surface area (Å²) in [4.78, 5) is 36.8. The maximum Gasteiger partial charge on any atom is 0.233 e. The Morgan fingerprint density at radius 2 is 1.31 bits per heavy atom. The van der Waals surface area contributed by atoms with E-state index in [2.05, 4.69) is 9.97 Å². The fourth-order valence-electron chi connectivity index (χ4n) is 3.20. The van der Waals surface area contributed by atoms with Crippen LogP contribution in [0.15, 0.2) is 49.1 Å². The Bertz CT molecular complexity index is 723. The summed E-state index contributed by atoms with van der Waals surface area (Å²) in [6, 6.07) is 7.75. The zero-order chi connectivity index (χ0) is 17.9. The van der Waals surface area contributed by atoms with Gasteiger partial charge in [-0.25, -0.2) is 0 Å². The van der Waals surface area contributed by atoms with Crippen molar-refractivity contribution >= 4 is 35.3 Å². The van der Waals surface area contributed by atoms with Crippen molar-refractivity contribution in [1.82, 2.24) is 19.8 Å². The van der Waals surface area contributed by atoms with Gasteiger partial charge in [-0.1, -0.05) is 12.1 Å². The van der Waals surface area contributed by atoms with Crippen LogP contribution in [0.5, 0.6) is 0 Å². The molecule has 2 aromatic heterocycles. The molecule has 26 heavy (non-hydrogen) atoms. The van der Waals surface area contributed by atoms with Crippen molar-refractivity contribution < 1.29 is 9.59 Å². The summed E-state index contributed by atoms with van der Waals surface area (Å²) in [5.74, 6) is 1.16. The highest BCUT2D eigenvalue weighted by atomic mass is 32.2. The summed E-state index contributed by atoms with van der Waals surface area (Å²) in [7, 11) is 0. The van der Waals surface area contributed by atoms with Crippen molar-refractivity contribution in [2.75, 3.05) is 24.6 Å². The minimum absolute atomic E-state index is 0.0293. The lowest BCUT2D eigenvalue weighted by Crippen LogP contribution is -2.39. The molecule has 0 bridgehead atoms. The lowest BCUT2D eigenvalue weighted by atomic mass is 10.2. The minimum Gasteiger partial charge on any atom is -0.324 e. The topological polar surface area (TPSA) is 66.4 Å². The summed E-state index contributed by atoms with van der Waals surface area (Å²) in [6.07, 6.45) is 7.07. The number of aromatic nitrogens is 2. The van der Waals surface area contributed by atoms with E-state index in [9.17, 15) is 9.59 Å². The number of thioether (sulfide) groups is 2. The van der Waals surface area contributed by atoms with E-state index >= 15 is 0 Å². The molecule has 0 spiro atoms. The van der Waals surface area contributed by atoms with E-state index < -0.39 is 0 Å². The summed E-state index contributed by atoms with van der Waals surface area (Å²) >= 11 is 3.22. The second-order valence-corrected chi connectivity index (χ2v) is 8.21. The molecular formula is C18H18N4O2S2. The van der Waals surface area contributed by atoms with Crippen LogP contribution in [0.1, 0.15) is 21.9 Å². The van der Waals surface area contributed by atoms with E-state index in [4.69, 9.17) is 0 Å². The Morgan fingerprint density at radius 1 is 0.846 bits per heavy atom. The van der Waals surface area contributed by atoms with Crippen LogP contribution in [-0.2, 0) is 9.59 Å². The molecule has 0 unspecified atom stereocenters. The fraction of sp³-hybridized carbons (Fsp3) is 0.333. The van der Waals surface area contributed by atoms with Crippen molar-refractivity contribution in [1.29, 1.82) is 0 Å². The summed E-state index contributed by atoms with van der Waals surface area (Å²) in [5.41, 5.74) is 2.04. The van der Waals surface area contributed by atoms with Crippen molar-refractivity contribution in [2.24, 2.45) is 0 Å². The molecule has 2 aliphatic rings. The van der Waals surface area contributed by atoms with Crippen LogP contribution in [0.4, 0.5) is 0 Å².